The predicted molar refractivity (Wildman–Crippen MR) is 81.7 cm³/mol. The molecule has 0 aromatic carbocycles. The van der Waals surface area contributed by atoms with Crippen molar-refractivity contribution >= 4 is 5.71 Å². The Hall–Kier alpha value is -0.850. The molecule has 2 fully saturated rings. The second kappa shape index (κ2) is 6.54. The van der Waals surface area contributed by atoms with Crippen molar-refractivity contribution in [2.45, 2.75) is 57.5 Å². The molecule has 0 aromatic heterocycles. The number of likely N-dealkylation sites (tertiary alicyclic amines) is 1. The Bertz CT molecular complexity index is 353. The van der Waals surface area contributed by atoms with Crippen LogP contribution in [0.4, 0.5) is 0 Å². The summed E-state index contributed by atoms with van der Waals surface area (Å²) in [7, 11) is 0. The fraction of sp³-hybridized carbons (Fsp3) is 0.812. The molecular weight excluding hydrogens is 234 g/mol. The summed E-state index contributed by atoms with van der Waals surface area (Å²) in [4.78, 5) is 7.40. The van der Waals surface area contributed by atoms with Gasteiger partial charge in [0, 0.05) is 6.04 Å². The molecular formula is C16H27N3. The van der Waals surface area contributed by atoms with Gasteiger partial charge in [-0.05, 0) is 65.7 Å². The molecule has 0 amide bonds. The molecule has 0 radical (unpaired) electrons. The van der Waals surface area contributed by atoms with Gasteiger partial charge in [0.2, 0.25) is 0 Å². The van der Waals surface area contributed by atoms with Gasteiger partial charge in [-0.15, -0.1) is 6.42 Å². The number of piperidine rings is 2. The molecule has 0 bridgehead atoms. The van der Waals surface area contributed by atoms with Crippen molar-refractivity contribution in [3.05, 3.63) is 0 Å². The van der Waals surface area contributed by atoms with E-state index in [4.69, 9.17) is 11.4 Å². The molecule has 3 heteroatoms. The van der Waals surface area contributed by atoms with E-state index < -0.39 is 0 Å². The standard InChI is InChI=1S/C16H27N3/c1-4-15(18-14(2)3)16(8-10-17-11-9-16)19-12-6-5-7-13-19/h1,14,17H,5-13H2,2-3H3. The van der Waals surface area contributed by atoms with E-state index >= 15 is 0 Å². The first-order chi connectivity index (χ1) is 9.19. The summed E-state index contributed by atoms with van der Waals surface area (Å²) in [6.45, 7) is 8.69. The number of aliphatic imine (C=N–C) groups is 1. The van der Waals surface area contributed by atoms with E-state index in [1.54, 1.807) is 0 Å². The molecule has 106 valence electrons. The van der Waals surface area contributed by atoms with Crippen molar-refractivity contribution in [2.24, 2.45) is 4.99 Å². The third-order valence-electron chi connectivity index (χ3n) is 4.36. The van der Waals surface area contributed by atoms with Crippen LogP contribution in [0.25, 0.3) is 0 Å². The third kappa shape index (κ3) is 3.19. The lowest BCUT2D eigenvalue weighted by atomic mass is 9.80. The molecule has 2 aliphatic rings. The zero-order valence-corrected chi connectivity index (χ0v) is 12.4. The molecule has 0 aliphatic carbocycles. The quantitative estimate of drug-likeness (QED) is 0.622. The summed E-state index contributed by atoms with van der Waals surface area (Å²) >= 11 is 0. The average molecular weight is 261 g/mol. The fourth-order valence-electron chi connectivity index (χ4n) is 3.42. The minimum atomic E-state index is 0.0324. The smallest absolute Gasteiger partial charge is 0.105 e. The fourth-order valence-corrected chi connectivity index (χ4v) is 3.42. The predicted octanol–water partition coefficient (Wildman–Crippen LogP) is 2.08. The van der Waals surface area contributed by atoms with Gasteiger partial charge >= 0.3 is 0 Å². The number of terminal acetylenes is 1. The maximum Gasteiger partial charge on any atom is 0.105 e. The Morgan fingerprint density at radius 1 is 1.21 bits per heavy atom. The van der Waals surface area contributed by atoms with E-state index in [1.807, 2.05) is 0 Å². The molecule has 0 spiro atoms. The van der Waals surface area contributed by atoms with Gasteiger partial charge < -0.3 is 5.32 Å². The Kier molecular flexibility index (Phi) is 5.01. The molecule has 2 saturated heterocycles. The highest BCUT2D eigenvalue weighted by Crippen LogP contribution is 2.31. The topological polar surface area (TPSA) is 27.6 Å². The van der Waals surface area contributed by atoms with Crippen molar-refractivity contribution in [1.29, 1.82) is 0 Å². The number of hydrogen-bond acceptors (Lipinski definition) is 3. The van der Waals surface area contributed by atoms with Crippen molar-refractivity contribution < 1.29 is 0 Å². The summed E-state index contributed by atoms with van der Waals surface area (Å²) in [6, 6.07) is 0.280. The minimum Gasteiger partial charge on any atom is -0.317 e. The molecule has 2 rings (SSSR count). The Morgan fingerprint density at radius 2 is 1.84 bits per heavy atom. The van der Waals surface area contributed by atoms with Crippen molar-refractivity contribution in [1.82, 2.24) is 10.2 Å². The first-order valence-corrected chi connectivity index (χ1v) is 7.70. The largest absolute Gasteiger partial charge is 0.317 e. The highest BCUT2D eigenvalue weighted by atomic mass is 15.2. The van der Waals surface area contributed by atoms with Crippen LogP contribution < -0.4 is 5.32 Å². The van der Waals surface area contributed by atoms with Crippen LogP contribution in [0, 0.1) is 12.3 Å². The highest BCUT2D eigenvalue weighted by molar-refractivity contribution is 6.07. The zero-order chi connectivity index (χ0) is 13.7. The molecule has 0 unspecified atom stereocenters. The minimum absolute atomic E-state index is 0.0324. The second-order valence-electron chi connectivity index (χ2n) is 6.05. The van der Waals surface area contributed by atoms with Crippen LogP contribution in [-0.4, -0.2) is 48.4 Å². The van der Waals surface area contributed by atoms with Gasteiger partial charge in [0.05, 0.1) is 5.54 Å². The lowest BCUT2D eigenvalue weighted by molar-refractivity contribution is 0.0931. The van der Waals surface area contributed by atoms with Gasteiger partial charge in [-0.2, -0.15) is 0 Å². The van der Waals surface area contributed by atoms with Gasteiger partial charge in [0.15, 0.2) is 0 Å². The summed E-state index contributed by atoms with van der Waals surface area (Å²) < 4.78 is 0. The van der Waals surface area contributed by atoms with Gasteiger partial charge in [0.1, 0.15) is 5.71 Å². The van der Waals surface area contributed by atoms with Crippen LogP contribution in [-0.2, 0) is 0 Å². The van der Waals surface area contributed by atoms with Crippen LogP contribution in [0.5, 0.6) is 0 Å². The normalized spacial score (nSPS) is 25.3. The van der Waals surface area contributed by atoms with Crippen LogP contribution in [0.15, 0.2) is 4.99 Å². The Morgan fingerprint density at radius 3 is 2.37 bits per heavy atom. The number of nitrogens with zero attached hydrogens (tertiary/aromatic N) is 2. The van der Waals surface area contributed by atoms with Gasteiger partial charge in [-0.1, -0.05) is 12.3 Å². The summed E-state index contributed by atoms with van der Waals surface area (Å²) in [5.74, 6) is 2.92. The van der Waals surface area contributed by atoms with E-state index in [0.29, 0.717) is 0 Å². The monoisotopic (exact) mass is 261 g/mol. The molecule has 0 atom stereocenters. The summed E-state index contributed by atoms with van der Waals surface area (Å²) in [5.41, 5.74) is 1.02. The second-order valence-corrected chi connectivity index (χ2v) is 6.05. The number of hydrogen-bond donors (Lipinski definition) is 1. The van der Waals surface area contributed by atoms with Crippen molar-refractivity contribution in [3.8, 4) is 12.3 Å². The van der Waals surface area contributed by atoms with Crippen LogP contribution >= 0.6 is 0 Å². The summed E-state index contributed by atoms with van der Waals surface area (Å²) in [5, 5.41) is 3.46. The van der Waals surface area contributed by atoms with Crippen LogP contribution in [0.1, 0.15) is 46.0 Å². The molecule has 1 N–H and O–H groups in total. The Balaban J connectivity index is 2.30. The van der Waals surface area contributed by atoms with E-state index in [1.165, 1.54) is 32.4 Å². The molecule has 3 nitrogen and oxygen atoms in total. The van der Waals surface area contributed by atoms with E-state index in [-0.39, 0.29) is 11.6 Å². The van der Waals surface area contributed by atoms with E-state index in [9.17, 15) is 0 Å². The van der Waals surface area contributed by atoms with Gasteiger partial charge in [-0.3, -0.25) is 9.89 Å². The highest BCUT2D eigenvalue weighted by Gasteiger charge is 2.42. The van der Waals surface area contributed by atoms with Gasteiger partial charge in [0.25, 0.3) is 0 Å². The third-order valence-corrected chi connectivity index (χ3v) is 4.36. The zero-order valence-electron chi connectivity index (χ0n) is 12.4. The van der Waals surface area contributed by atoms with E-state index in [2.05, 4.69) is 30.0 Å². The summed E-state index contributed by atoms with van der Waals surface area (Å²) in [6.07, 6.45) is 12.0. The number of nitrogens with one attached hydrogen (secondary N) is 1. The molecule has 0 saturated carbocycles. The van der Waals surface area contributed by atoms with Crippen LogP contribution in [0.3, 0.4) is 0 Å². The average Bonchev–Trinajstić information content (AvgIpc) is 2.46. The molecule has 0 aromatic rings. The maximum absolute atomic E-state index is 5.82. The van der Waals surface area contributed by atoms with Gasteiger partial charge in [-0.25, -0.2) is 0 Å². The first kappa shape index (κ1) is 14.6. The molecule has 19 heavy (non-hydrogen) atoms. The molecule has 2 heterocycles. The first-order valence-electron chi connectivity index (χ1n) is 7.70. The molecule has 2 aliphatic heterocycles. The SMILES string of the molecule is C#CC(=NC(C)C)C1(N2CCCCC2)CCNCC1. The van der Waals surface area contributed by atoms with Crippen molar-refractivity contribution in [2.75, 3.05) is 26.2 Å². The van der Waals surface area contributed by atoms with E-state index in [0.717, 1.165) is 31.6 Å². The van der Waals surface area contributed by atoms with Crippen molar-refractivity contribution in [3.63, 3.8) is 0 Å². The maximum atomic E-state index is 5.82. The lowest BCUT2D eigenvalue weighted by Crippen LogP contribution is -2.60. The number of rotatable bonds is 3. The van der Waals surface area contributed by atoms with Crippen LogP contribution in [0.2, 0.25) is 0 Å². The lowest BCUT2D eigenvalue weighted by Gasteiger charge is -2.48. The Labute approximate surface area is 117 Å².